The van der Waals surface area contributed by atoms with E-state index < -0.39 is 18.0 Å². The van der Waals surface area contributed by atoms with Crippen molar-refractivity contribution in [1.82, 2.24) is 10.6 Å². The van der Waals surface area contributed by atoms with Crippen molar-refractivity contribution in [2.24, 2.45) is 0 Å². The molecule has 0 radical (unpaired) electrons. The third-order valence-electron chi connectivity index (χ3n) is 1.75. The molecular weight excluding hydrogens is 196 g/mol. The predicted molar refractivity (Wildman–Crippen MR) is 56.3 cm³/mol. The molecule has 0 heterocycles. The number of hydrogen-bond donors (Lipinski definition) is 3. The normalized spacial score (nSPS) is 11.2. The molecule has 0 aromatic heterocycles. The number of nitrogens with one attached hydrogen (secondary N) is 2. The summed E-state index contributed by atoms with van der Waals surface area (Å²) >= 11 is 0. The van der Waals surface area contributed by atoms with Gasteiger partial charge in [-0.25, -0.2) is 4.79 Å². The molecule has 0 bridgehead atoms. The molecular formula is C10H16N2O3. The Balaban J connectivity index is 3.50. The highest BCUT2D eigenvalue weighted by atomic mass is 16.4. The number of carboxylic acids is 1. The van der Waals surface area contributed by atoms with Gasteiger partial charge in [0.15, 0.2) is 0 Å². The van der Waals surface area contributed by atoms with E-state index in [-0.39, 0.29) is 0 Å². The van der Waals surface area contributed by atoms with Crippen molar-refractivity contribution in [2.75, 3.05) is 6.54 Å². The van der Waals surface area contributed by atoms with E-state index in [0.29, 0.717) is 13.0 Å². The van der Waals surface area contributed by atoms with Crippen molar-refractivity contribution in [3.8, 4) is 12.3 Å². The van der Waals surface area contributed by atoms with Crippen LogP contribution in [0.5, 0.6) is 0 Å². The summed E-state index contributed by atoms with van der Waals surface area (Å²) in [6.07, 6.45) is 7.39. The minimum Gasteiger partial charge on any atom is -0.480 e. The maximum absolute atomic E-state index is 11.1. The topological polar surface area (TPSA) is 78.4 Å². The number of hydrogen-bond acceptors (Lipinski definition) is 2. The standard InChI is InChI=1S/C10H16N2O3/c1-3-4-5-6-7-11-10(15)12-8(2)9(13)14/h1,8H,4-7H2,2H3,(H,13,14)(H2,11,12,15). The van der Waals surface area contributed by atoms with Gasteiger partial charge in [0.2, 0.25) is 0 Å². The predicted octanol–water partition coefficient (Wildman–Crippen LogP) is 0.562. The Morgan fingerprint density at radius 3 is 2.67 bits per heavy atom. The number of carbonyl (C=O) groups is 2. The molecule has 5 heteroatoms. The van der Waals surface area contributed by atoms with Crippen molar-refractivity contribution in [3.63, 3.8) is 0 Å². The first-order chi connectivity index (χ1) is 7.07. The van der Waals surface area contributed by atoms with Crippen LogP contribution in [0.4, 0.5) is 4.79 Å². The largest absolute Gasteiger partial charge is 0.480 e. The smallest absolute Gasteiger partial charge is 0.325 e. The number of rotatable bonds is 6. The highest BCUT2D eigenvalue weighted by Gasteiger charge is 2.12. The first-order valence-electron chi connectivity index (χ1n) is 4.78. The van der Waals surface area contributed by atoms with Crippen LogP contribution in [-0.2, 0) is 4.79 Å². The van der Waals surface area contributed by atoms with E-state index in [1.807, 2.05) is 0 Å². The Morgan fingerprint density at radius 1 is 1.47 bits per heavy atom. The van der Waals surface area contributed by atoms with Crippen LogP contribution in [0.15, 0.2) is 0 Å². The fourth-order valence-electron chi connectivity index (χ4n) is 0.863. The van der Waals surface area contributed by atoms with E-state index in [1.54, 1.807) is 0 Å². The van der Waals surface area contributed by atoms with E-state index in [4.69, 9.17) is 11.5 Å². The summed E-state index contributed by atoms with van der Waals surface area (Å²) < 4.78 is 0. The minimum atomic E-state index is -1.06. The van der Waals surface area contributed by atoms with E-state index in [1.165, 1.54) is 6.92 Å². The Kier molecular flexibility index (Phi) is 6.81. The molecule has 5 nitrogen and oxygen atoms in total. The van der Waals surface area contributed by atoms with Crippen LogP contribution >= 0.6 is 0 Å². The highest BCUT2D eigenvalue weighted by Crippen LogP contribution is 1.91. The summed E-state index contributed by atoms with van der Waals surface area (Å²) in [7, 11) is 0. The van der Waals surface area contributed by atoms with Gasteiger partial charge in [-0.3, -0.25) is 4.79 Å². The zero-order valence-corrected chi connectivity index (χ0v) is 8.75. The summed E-state index contributed by atoms with van der Waals surface area (Å²) in [5.41, 5.74) is 0. The number of aliphatic carboxylic acids is 1. The lowest BCUT2D eigenvalue weighted by molar-refractivity contribution is -0.138. The lowest BCUT2D eigenvalue weighted by atomic mass is 10.2. The van der Waals surface area contributed by atoms with Crippen LogP contribution in [0, 0.1) is 12.3 Å². The first kappa shape index (κ1) is 13.3. The summed E-state index contributed by atoms with van der Waals surface area (Å²) in [5.74, 6) is 1.44. The van der Waals surface area contributed by atoms with E-state index in [0.717, 1.165) is 12.8 Å². The molecule has 0 saturated heterocycles. The van der Waals surface area contributed by atoms with Gasteiger partial charge in [0.05, 0.1) is 0 Å². The van der Waals surface area contributed by atoms with Gasteiger partial charge in [-0.2, -0.15) is 0 Å². The molecule has 0 saturated carbocycles. The number of unbranched alkanes of at least 4 members (excludes halogenated alkanes) is 2. The molecule has 3 N–H and O–H groups in total. The molecule has 0 aliphatic rings. The number of amides is 2. The molecule has 0 aliphatic heterocycles. The molecule has 0 aliphatic carbocycles. The van der Waals surface area contributed by atoms with E-state index in [2.05, 4.69) is 16.6 Å². The van der Waals surface area contributed by atoms with Gasteiger partial charge in [-0.05, 0) is 19.8 Å². The van der Waals surface area contributed by atoms with E-state index >= 15 is 0 Å². The Hall–Kier alpha value is -1.70. The molecule has 2 amide bonds. The lowest BCUT2D eigenvalue weighted by Crippen LogP contribution is -2.44. The molecule has 0 rings (SSSR count). The van der Waals surface area contributed by atoms with Crippen molar-refractivity contribution < 1.29 is 14.7 Å². The SMILES string of the molecule is C#CCCCCNC(=O)NC(C)C(=O)O. The van der Waals surface area contributed by atoms with Crippen LogP contribution in [0.25, 0.3) is 0 Å². The lowest BCUT2D eigenvalue weighted by Gasteiger charge is -2.10. The average Bonchev–Trinajstić information content (AvgIpc) is 2.17. The summed E-state index contributed by atoms with van der Waals surface area (Å²) in [5, 5.41) is 13.3. The van der Waals surface area contributed by atoms with Gasteiger partial charge in [0, 0.05) is 13.0 Å². The number of carbonyl (C=O) groups excluding carboxylic acids is 1. The second-order valence-electron chi connectivity index (χ2n) is 3.12. The van der Waals surface area contributed by atoms with Gasteiger partial charge in [0.1, 0.15) is 6.04 Å². The Labute approximate surface area is 89.2 Å². The van der Waals surface area contributed by atoms with Gasteiger partial charge >= 0.3 is 12.0 Å². The molecule has 84 valence electrons. The van der Waals surface area contributed by atoms with Gasteiger partial charge in [0.25, 0.3) is 0 Å². The van der Waals surface area contributed by atoms with Crippen molar-refractivity contribution in [1.29, 1.82) is 0 Å². The van der Waals surface area contributed by atoms with Gasteiger partial charge in [-0.1, -0.05) is 0 Å². The summed E-state index contributed by atoms with van der Waals surface area (Å²) in [6, 6.07) is -1.35. The maximum Gasteiger partial charge on any atom is 0.325 e. The molecule has 1 unspecified atom stereocenters. The second-order valence-corrected chi connectivity index (χ2v) is 3.12. The van der Waals surface area contributed by atoms with Gasteiger partial charge < -0.3 is 15.7 Å². The zero-order chi connectivity index (χ0) is 11.7. The fourth-order valence-corrected chi connectivity index (χ4v) is 0.863. The monoisotopic (exact) mass is 212 g/mol. The molecule has 0 fully saturated rings. The number of carboxylic acid groups (broad SMARTS) is 1. The minimum absolute atomic E-state index is 0.467. The van der Waals surface area contributed by atoms with Crippen molar-refractivity contribution in [3.05, 3.63) is 0 Å². The van der Waals surface area contributed by atoms with Gasteiger partial charge in [-0.15, -0.1) is 12.3 Å². The number of urea groups is 1. The third-order valence-corrected chi connectivity index (χ3v) is 1.75. The summed E-state index contributed by atoms with van der Waals surface area (Å²) in [4.78, 5) is 21.4. The molecule has 15 heavy (non-hydrogen) atoms. The highest BCUT2D eigenvalue weighted by molar-refractivity contribution is 5.82. The van der Waals surface area contributed by atoms with Crippen molar-refractivity contribution >= 4 is 12.0 Å². The van der Waals surface area contributed by atoms with E-state index in [9.17, 15) is 9.59 Å². The van der Waals surface area contributed by atoms with Crippen LogP contribution in [0.2, 0.25) is 0 Å². The Morgan fingerprint density at radius 2 is 2.13 bits per heavy atom. The molecule has 0 spiro atoms. The van der Waals surface area contributed by atoms with Crippen LogP contribution in [-0.4, -0.2) is 29.7 Å². The molecule has 1 atom stereocenters. The second kappa shape index (κ2) is 7.68. The fraction of sp³-hybridized carbons (Fsp3) is 0.600. The average molecular weight is 212 g/mol. The third kappa shape index (κ3) is 7.38. The molecule has 0 aromatic rings. The zero-order valence-electron chi connectivity index (χ0n) is 8.75. The number of terminal acetylenes is 1. The van der Waals surface area contributed by atoms with Crippen LogP contribution in [0.3, 0.4) is 0 Å². The molecule has 0 aromatic carbocycles. The maximum atomic E-state index is 11.1. The van der Waals surface area contributed by atoms with Crippen molar-refractivity contribution in [2.45, 2.75) is 32.2 Å². The van der Waals surface area contributed by atoms with Crippen LogP contribution in [0.1, 0.15) is 26.2 Å². The summed E-state index contributed by atoms with van der Waals surface area (Å²) in [6.45, 7) is 1.90. The quantitative estimate of drug-likeness (QED) is 0.444. The Bertz CT molecular complexity index is 258. The first-order valence-corrected chi connectivity index (χ1v) is 4.78. The van der Waals surface area contributed by atoms with Crippen LogP contribution < -0.4 is 10.6 Å².